The molecular weight excluding hydrogens is 556 g/mol. The predicted octanol–water partition coefficient (Wildman–Crippen LogP) is 1.34. The number of phenols is 1. The Morgan fingerprint density at radius 2 is 1.57 bits per heavy atom. The first-order chi connectivity index (χ1) is 20.3. The smallest absolute Gasteiger partial charge is 0.310 e. The molecule has 1 aliphatic carbocycles. The van der Waals surface area contributed by atoms with Gasteiger partial charge in [0, 0.05) is 11.8 Å². The van der Waals surface area contributed by atoms with Crippen LogP contribution in [-0.4, -0.2) is 92.5 Å². The van der Waals surface area contributed by atoms with E-state index in [-0.39, 0.29) is 37.3 Å². The number of benzene rings is 2. The number of fused-ring (bicyclic) bond motifs is 4. The van der Waals surface area contributed by atoms with E-state index in [9.17, 15) is 20.1 Å². The van der Waals surface area contributed by atoms with Crippen LogP contribution in [0.1, 0.15) is 35.6 Å². The SMILES string of the molecule is COc1cc([C@@H]2c3cc4c(cc3[C@H](O[C@@H]3O[C@@H]5CO[C@H](C)O[C@@H]5[C@H](O)[C@@H]3O)[C@H]3COC(=O)[C@@H]23)OCO4)cc(OC)c1O. The second kappa shape index (κ2) is 10.4. The van der Waals surface area contributed by atoms with Gasteiger partial charge >= 0.3 is 5.97 Å². The maximum atomic E-state index is 13.4. The van der Waals surface area contributed by atoms with Gasteiger partial charge in [-0.05, 0) is 47.9 Å². The van der Waals surface area contributed by atoms with Gasteiger partial charge in [0.2, 0.25) is 12.5 Å². The van der Waals surface area contributed by atoms with Crippen LogP contribution in [-0.2, 0) is 28.5 Å². The Bertz CT molecular complexity index is 1350. The highest BCUT2D eigenvalue weighted by molar-refractivity contribution is 5.79. The standard InChI is InChI=1S/C29H32O13/c1-11-36-9-20-27(40-11)24(31)25(32)29(41-20)42-26-14-7-17-16(38-10-39-17)6-13(14)21(22-15(26)8-37-28(22)33)12-4-18(34-2)23(30)19(5-12)35-3/h4-7,11,15,20-22,24-27,29-32H,8-10H2,1-3H3/t11-,15-,20+,21+,22+,24+,25-,26-,27-,29-/m0/s1. The van der Waals surface area contributed by atoms with E-state index in [0.717, 1.165) is 0 Å². The fraction of sp³-hybridized carbons (Fsp3) is 0.552. The molecule has 0 radical (unpaired) electrons. The van der Waals surface area contributed by atoms with Crippen molar-refractivity contribution in [1.29, 1.82) is 0 Å². The number of methoxy groups -OCH3 is 2. The van der Waals surface area contributed by atoms with Gasteiger partial charge in [0.1, 0.15) is 24.4 Å². The van der Waals surface area contributed by atoms with Crippen LogP contribution in [0.5, 0.6) is 28.7 Å². The van der Waals surface area contributed by atoms with E-state index in [1.807, 2.05) is 0 Å². The summed E-state index contributed by atoms with van der Waals surface area (Å²) in [6.45, 7) is 1.93. The van der Waals surface area contributed by atoms with Crippen molar-refractivity contribution >= 4 is 5.97 Å². The Morgan fingerprint density at radius 3 is 2.26 bits per heavy atom. The quantitative estimate of drug-likeness (QED) is 0.430. The zero-order valence-corrected chi connectivity index (χ0v) is 23.1. The second-order valence-electron chi connectivity index (χ2n) is 11.0. The van der Waals surface area contributed by atoms with Gasteiger partial charge in [0.05, 0.1) is 39.5 Å². The number of aromatic hydroxyl groups is 1. The van der Waals surface area contributed by atoms with Crippen LogP contribution in [0.3, 0.4) is 0 Å². The van der Waals surface area contributed by atoms with Gasteiger partial charge in [-0.1, -0.05) is 0 Å². The summed E-state index contributed by atoms with van der Waals surface area (Å²) in [7, 11) is 2.86. The largest absolute Gasteiger partial charge is 0.502 e. The third kappa shape index (κ3) is 4.26. The van der Waals surface area contributed by atoms with Crippen LogP contribution in [0, 0.1) is 11.8 Å². The highest BCUT2D eigenvalue weighted by Gasteiger charge is 2.56. The normalized spacial score (nSPS) is 36.5. The molecule has 4 aliphatic heterocycles. The van der Waals surface area contributed by atoms with Gasteiger partial charge in [-0.2, -0.15) is 0 Å². The number of hydrogen-bond acceptors (Lipinski definition) is 13. The third-order valence-electron chi connectivity index (χ3n) is 8.75. The summed E-state index contributed by atoms with van der Waals surface area (Å²) in [4.78, 5) is 13.4. The number of cyclic esters (lactones) is 1. The van der Waals surface area contributed by atoms with Crippen LogP contribution < -0.4 is 18.9 Å². The monoisotopic (exact) mass is 588 g/mol. The van der Waals surface area contributed by atoms with Crippen LogP contribution >= 0.6 is 0 Å². The van der Waals surface area contributed by atoms with Gasteiger partial charge < -0.3 is 58.0 Å². The van der Waals surface area contributed by atoms with Gasteiger partial charge in [0.15, 0.2) is 35.6 Å². The molecular formula is C29H32O13. The van der Waals surface area contributed by atoms with E-state index >= 15 is 0 Å². The number of phenolic OH excluding ortho intramolecular Hbond substituents is 1. The van der Waals surface area contributed by atoms with Crippen LogP contribution in [0.2, 0.25) is 0 Å². The fourth-order valence-corrected chi connectivity index (χ4v) is 6.74. The molecule has 2 aromatic rings. The molecule has 226 valence electrons. The van der Waals surface area contributed by atoms with Crippen molar-refractivity contribution in [2.45, 2.75) is 55.9 Å². The molecule has 0 unspecified atom stereocenters. The molecule has 3 N–H and O–H groups in total. The molecule has 7 rings (SSSR count). The highest BCUT2D eigenvalue weighted by atomic mass is 16.8. The van der Waals surface area contributed by atoms with E-state index in [1.165, 1.54) is 14.2 Å². The minimum absolute atomic E-state index is 0.0301. The summed E-state index contributed by atoms with van der Waals surface area (Å²) in [5.41, 5.74) is 2.01. The molecule has 13 heteroatoms. The highest BCUT2D eigenvalue weighted by Crippen LogP contribution is 2.57. The summed E-state index contributed by atoms with van der Waals surface area (Å²) < 4.78 is 51.5. The maximum absolute atomic E-state index is 13.4. The molecule has 42 heavy (non-hydrogen) atoms. The van der Waals surface area contributed by atoms with Crippen molar-refractivity contribution < 1.29 is 62.7 Å². The van der Waals surface area contributed by atoms with Gasteiger partial charge in [-0.15, -0.1) is 0 Å². The zero-order chi connectivity index (χ0) is 29.3. The van der Waals surface area contributed by atoms with E-state index in [2.05, 4.69) is 0 Å². The average Bonchev–Trinajstić information content (AvgIpc) is 3.61. The first-order valence-corrected chi connectivity index (χ1v) is 13.8. The molecule has 4 heterocycles. The molecule has 3 saturated heterocycles. The molecule has 5 aliphatic rings. The number of esters is 1. The van der Waals surface area contributed by atoms with E-state index < -0.39 is 66.8 Å². The second-order valence-corrected chi connectivity index (χ2v) is 11.0. The number of ether oxygens (including phenoxy) is 9. The lowest BCUT2D eigenvalue weighted by Gasteiger charge is -2.47. The lowest BCUT2D eigenvalue weighted by atomic mass is 9.66. The van der Waals surface area contributed by atoms with Crippen LogP contribution in [0.25, 0.3) is 0 Å². The Labute approximate surface area is 240 Å². The maximum Gasteiger partial charge on any atom is 0.310 e. The molecule has 13 nitrogen and oxygen atoms in total. The summed E-state index contributed by atoms with van der Waals surface area (Å²) in [5, 5.41) is 32.5. The van der Waals surface area contributed by atoms with E-state index in [4.69, 9.17) is 42.6 Å². The van der Waals surface area contributed by atoms with Gasteiger partial charge in [-0.25, -0.2) is 0 Å². The summed E-state index contributed by atoms with van der Waals surface area (Å²) in [6.07, 6.45) is -6.80. The van der Waals surface area contributed by atoms with Crippen molar-refractivity contribution in [2.24, 2.45) is 11.8 Å². The van der Waals surface area contributed by atoms with Crippen molar-refractivity contribution in [2.75, 3.05) is 34.2 Å². The number of aliphatic hydroxyl groups is 2. The Hall–Kier alpha value is -3.33. The molecule has 0 bridgehead atoms. The lowest BCUT2D eigenvalue weighted by molar-refractivity contribution is -0.364. The van der Waals surface area contributed by atoms with E-state index in [0.29, 0.717) is 28.2 Å². The summed E-state index contributed by atoms with van der Waals surface area (Å²) >= 11 is 0. The lowest BCUT2D eigenvalue weighted by Crippen LogP contribution is -2.63. The minimum atomic E-state index is -1.44. The first kappa shape index (κ1) is 27.5. The van der Waals surface area contributed by atoms with Crippen molar-refractivity contribution in [1.82, 2.24) is 0 Å². The Balaban J connectivity index is 1.32. The number of aliphatic hydroxyl groups excluding tert-OH is 2. The Morgan fingerprint density at radius 1 is 0.881 bits per heavy atom. The molecule has 10 atom stereocenters. The Kier molecular flexibility index (Phi) is 6.83. The van der Waals surface area contributed by atoms with Crippen molar-refractivity contribution in [3.05, 3.63) is 41.0 Å². The van der Waals surface area contributed by atoms with E-state index in [1.54, 1.807) is 31.2 Å². The van der Waals surface area contributed by atoms with Crippen molar-refractivity contribution in [3.63, 3.8) is 0 Å². The molecule has 0 spiro atoms. The molecule has 0 aromatic heterocycles. The topological polar surface area (TPSA) is 161 Å². The number of carbonyl (C=O) groups is 1. The summed E-state index contributed by atoms with van der Waals surface area (Å²) in [6, 6.07) is 6.93. The zero-order valence-electron chi connectivity index (χ0n) is 23.1. The molecule has 0 saturated carbocycles. The molecule has 3 fully saturated rings. The van der Waals surface area contributed by atoms with Gasteiger partial charge in [0.25, 0.3) is 0 Å². The molecule has 0 amide bonds. The minimum Gasteiger partial charge on any atom is -0.502 e. The van der Waals surface area contributed by atoms with Crippen LogP contribution in [0.15, 0.2) is 24.3 Å². The first-order valence-electron chi connectivity index (χ1n) is 13.8. The van der Waals surface area contributed by atoms with Crippen LogP contribution in [0.4, 0.5) is 0 Å². The molecule has 2 aromatic carbocycles. The summed E-state index contributed by atoms with van der Waals surface area (Å²) in [5.74, 6) is -1.02. The number of hydrogen-bond donors (Lipinski definition) is 3. The average molecular weight is 589 g/mol. The fourth-order valence-electron chi connectivity index (χ4n) is 6.74. The number of carbonyl (C=O) groups excluding carboxylic acids is 1. The van der Waals surface area contributed by atoms with Crippen molar-refractivity contribution in [3.8, 4) is 28.7 Å². The van der Waals surface area contributed by atoms with Gasteiger partial charge in [-0.3, -0.25) is 4.79 Å². The predicted molar refractivity (Wildman–Crippen MR) is 138 cm³/mol. The number of rotatable bonds is 5. The third-order valence-corrected chi connectivity index (χ3v) is 8.75.